The predicted molar refractivity (Wildman–Crippen MR) is 128 cm³/mol. The van der Waals surface area contributed by atoms with Gasteiger partial charge in [0.05, 0.1) is 39.2 Å². The molecule has 1 aromatic heterocycles. The van der Waals surface area contributed by atoms with Crippen LogP contribution in [0.1, 0.15) is 34.8 Å². The van der Waals surface area contributed by atoms with E-state index in [1.807, 2.05) is 0 Å². The number of aromatic nitrogens is 2. The normalized spacial score (nSPS) is 11.5. The zero-order valence-electron chi connectivity index (χ0n) is 18.5. The lowest BCUT2D eigenvalue weighted by molar-refractivity contribution is -0.137. The summed E-state index contributed by atoms with van der Waals surface area (Å²) in [7, 11) is 0. The molecule has 4 aromatic rings. The molecular formula is C25H20ClF3N4O2. The molecule has 0 fully saturated rings. The minimum absolute atomic E-state index is 0.109. The van der Waals surface area contributed by atoms with Gasteiger partial charge in [-0.1, -0.05) is 30.7 Å². The summed E-state index contributed by atoms with van der Waals surface area (Å²) in [6.45, 7) is 2.01. The molecule has 10 heteroatoms. The molecule has 2 amide bonds. The average molecular weight is 501 g/mol. The number of benzene rings is 3. The number of alkyl halides is 3. The standard InChI is InChI=1S/C25H20ClF3N4O2/c1-2-23(34)30-13-15-6-11-20(26)18(12-15)24(35)32-21-4-3-5-22-19(21)14-31-33(22)17-9-7-16(8-10-17)25(27,28)29/h3-12,14H,2,13H2,1H3,(H,30,34)(H,32,35). The smallest absolute Gasteiger partial charge is 0.352 e. The zero-order chi connectivity index (χ0) is 25.2. The molecule has 0 bridgehead atoms. The van der Waals surface area contributed by atoms with Crippen molar-refractivity contribution in [1.82, 2.24) is 15.1 Å². The maximum atomic E-state index is 13.0. The molecule has 3 aromatic carbocycles. The van der Waals surface area contributed by atoms with Gasteiger partial charge in [0.15, 0.2) is 0 Å². The molecule has 0 unspecified atom stereocenters. The van der Waals surface area contributed by atoms with E-state index in [0.29, 0.717) is 28.7 Å². The third-order valence-electron chi connectivity index (χ3n) is 5.39. The van der Waals surface area contributed by atoms with Gasteiger partial charge < -0.3 is 10.6 Å². The molecule has 0 aliphatic heterocycles. The van der Waals surface area contributed by atoms with E-state index in [1.54, 1.807) is 43.3 Å². The molecule has 2 N–H and O–H groups in total. The van der Waals surface area contributed by atoms with E-state index in [4.69, 9.17) is 11.6 Å². The van der Waals surface area contributed by atoms with Gasteiger partial charge in [0.1, 0.15) is 0 Å². The van der Waals surface area contributed by atoms with Crippen molar-refractivity contribution in [1.29, 1.82) is 0 Å². The van der Waals surface area contributed by atoms with Crippen LogP contribution in [-0.4, -0.2) is 21.6 Å². The highest BCUT2D eigenvalue weighted by Crippen LogP contribution is 2.31. The summed E-state index contributed by atoms with van der Waals surface area (Å²) in [6, 6.07) is 14.7. The maximum absolute atomic E-state index is 13.0. The van der Waals surface area contributed by atoms with Crippen molar-refractivity contribution in [2.75, 3.05) is 5.32 Å². The summed E-state index contributed by atoms with van der Waals surface area (Å²) in [4.78, 5) is 24.5. The van der Waals surface area contributed by atoms with Crippen LogP contribution in [-0.2, 0) is 17.5 Å². The Morgan fingerprint density at radius 2 is 1.80 bits per heavy atom. The first-order chi connectivity index (χ1) is 16.7. The van der Waals surface area contributed by atoms with Crippen LogP contribution in [0.15, 0.2) is 66.9 Å². The van der Waals surface area contributed by atoms with Crippen molar-refractivity contribution in [2.24, 2.45) is 0 Å². The third-order valence-corrected chi connectivity index (χ3v) is 5.72. The van der Waals surface area contributed by atoms with Gasteiger partial charge in [-0.25, -0.2) is 4.68 Å². The monoisotopic (exact) mass is 500 g/mol. The second-order valence-corrected chi connectivity index (χ2v) is 8.15. The van der Waals surface area contributed by atoms with E-state index in [9.17, 15) is 22.8 Å². The Balaban J connectivity index is 1.60. The first-order valence-corrected chi connectivity index (χ1v) is 11.1. The van der Waals surface area contributed by atoms with Gasteiger partial charge in [-0.15, -0.1) is 0 Å². The summed E-state index contributed by atoms with van der Waals surface area (Å²) in [5, 5.41) is 10.7. The second-order valence-electron chi connectivity index (χ2n) is 7.74. The number of nitrogens with zero attached hydrogens (tertiary/aromatic N) is 2. The number of halogens is 4. The predicted octanol–water partition coefficient (Wildman–Crippen LogP) is 5.98. The molecule has 0 aliphatic carbocycles. The van der Waals surface area contributed by atoms with E-state index < -0.39 is 17.6 Å². The van der Waals surface area contributed by atoms with Crippen LogP contribution in [0.3, 0.4) is 0 Å². The first kappa shape index (κ1) is 24.3. The number of anilines is 1. The molecule has 35 heavy (non-hydrogen) atoms. The molecule has 1 heterocycles. The van der Waals surface area contributed by atoms with E-state index in [1.165, 1.54) is 23.0 Å². The van der Waals surface area contributed by atoms with E-state index in [0.717, 1.165) is 17.7 Å². The lowest BCUT2D eigenvalue weighted by Gasteiger charge is -2.11. The van der Waals surface area contributed by atoms with Crippen LogP contribution in [0, 0.1) is 0 Å². The lowest BCUT2D eigenvalue weighted by Crippen LogP contribution is -2.21. The highest BCUT2D eigenvalue weighted by Gasteiger charge is 2.30. The molecule has 0 atom stereocenters. The van der Waals surface area contributed by atoms with Gasteiger partial charge in [-0.2, -0.15) is 18.3 Å². The quantitative estimate of drug-likeness (QED) is 0.342. The van der Waals surface area contributed by atoms with Crippen molar-refractivity contribution in [3.63, 3.8) is 0 Å². The fourth-order valence-corrected chi connectivity index (χ4v) is 3.73. The molecule has 0 radical (unpaired) electrons. The minimum atomic E-state index is -4.43. The molecule has 180 valence electrons. The molecule has 0 aliphatic rings. The van der Waals surface area contributed by atoms with Crippen molar-refractivity contribution >= 4 is 40.0 Å². The lowest BCUT2D eigenvalue weighted by atomic mass is 10.1. The fourth-order valence-electron chi connectivity index (χ4n) is 3.53. The molecule has 0 spiro atoms. The van der Waals surface area contributed by atoms with Crippen molar-refractivity contribution in [3.05, 3.63) is 88.6 Å². The molecule has 4 rings (SSSR count). The number of nitrogens with one attached hydrogen (secondary N) is 2. The van der Waals surface area contributed by atoms with E-state index in [2.05, 4.69) is 15.7 Å². The van der Waals surface area contributed by atoms with Crippen molar-refractivity contribution in [3.8, 4) is 5.69 Å². The molecular weight excluding hydrogens is 481 g/mol. The van der Waals surface area contributed by atoms with E-state index >= 15 is 0 Å². The second kappa shape index (κ2) is 9.79. The summed E-state index contributed by atoms with van der Waals surface area (Å²) in [6.07, 6.45) is -2.55. The first-order valence-electron chi connectivity index (χ1n) is 10.7. The average Bonchev–Trinajstić information content (AvgIpc) is 3.28. The number of hydrogen-bond donors (Lipinski definition) is 2. The van der Waals surface area contributed by atoms with Gasteiger partial charge in [-0.05, 0) is 54.1 Å². The van der Waals surface area contributed by atoms with Crippen molar-refractivity contribution < 1.29 is 22.8 Å². The highest BCUT2D eigenvalue weighted by atomic mass is 35.5. The largest absolute Gasteiger partial charge is 0.416 e. The van der Waals surface area contributed by atoms with E-state index in [-0.39, 0.29) is 23.0 Å². The topological polar surface area (TPSA) is 76.0 Å². The van der Waals surface area contributed by atoms with Crippen molar-refractivity contribution in [2.45, 2.75) is 26.1 Å². The van der Waals surface area contributed by atoms with Gasteiger partial charge in [0, 0.05) is 18.4 Å². The fraction of sp³-hybridized carbons (Fsp3) is 0.160. The minimum Gasteiger partial charge on any atom is -0.352 e. The Hall–Kier alpha value is -3.85. The number of rotatable bonds is 6. The summed E-state index contributed by atoms with van der Waals surface area (Å²) < 4.78 is 40.2. The van der Waals surface area contributed by atoms with Gasteiger partial charge in [0.2, 0.25) is 5.91 Å². The number of hydrogen-bond acceptors (Lipinski definition) is 3. The zero-order valence-corrected chi connectivity index (χ0v) is 19.2. The Bertz CT molecular complexity index is 1400. The van der Waals surface area contributed by atoms with Gasteiger partial charge in [-0.3, -0.25) is 9.59 Å². The summed E-state index contributed by atoms with van der Waals surface area (Å²) in [5.41, 5.74) is 1.72. The maximum Gasteiger partial charge on any atom is 0.416 e. The van der Waals surface area contributed by atoms with Crippen LogP contribution in [0.25, 0.3) is 16.6 Å². The van der Waals surface area contributed by atoms with Gasteiger partial charge >= 0.3 is 6.18 Å². The molecule has 6 nitrogen and oxygen atoms in total. The number of fused-ring (bicyclic) bond motifs is 1. The SMILES string of the molecule is CCC(=O)NCc1ccc(Cl)c(C(=O)Nc2cccc3c2cnn3-c2ccc(C(F)(F)F)cc2)c1. The third kappa shape index (κ3) is 5.30. The van der Waals surface area contributed by atoms with Crippen LogP contribution in [0.2, 0.25) is 5.02 Å². The van der Waals surface area contributed by atoms with Crippen LogP contribution >= 0.6 is 11.6 Å². The Morgan fingerprint density at radius 3 is 2.49 bits per heavy atom. The van der Waals surface area contributed by atoms with Crippen LogP contribution in [0.4, 0.5) is 18.9 Å². The van der Waals surface area contributed by atoms with Crippen LogP contribution < -0.4 is 10.6 Å². The number of carbonyl (C=O) groups is 2. The summed E-state index contributed by atoms with van der Waals surface area (Å²) in [5.74, 6) is -0.559. The Kier molecular flexibility index (Phi) is 6.79. The molecule has 0 saturated heterocycles. The molecule has 0 saturated carbocycles. The summed E-state index contributed by atoms with van der Waals surface area (Å²) >= 11 is 6.25. The number of carbonyl (C=O) groups excluding carboxylic acids is 2. The Labute approximate surface area is 203 Å². The van der Waals surface area contributed by atoms with Gasteiger partial charge in [0.25, 0.3) is 5.91 Å². The Morgan fingerprint density at radius 1 is 1.06 bits per heavy atom. The van der Waals surface area contributed by atoms with Crippen LogP contribution in [0.5, 0.6) is 0 Å². The number of amides is 2. The highest BCUT2D eigenvalue weighted by molar-refractivity contribution is 6.34.